The van der Waals surface area contributed by atoms with E-state index >= 15 is 0 Å². The summed E-state index contributed by atoms with van der Waals surface area (Å²) in [6.07, 6.45) is 2.72. The molecule has 1 N–H and O–H groups in total. The molecule has 1 heterocycles. The minimum Gasteiger partial charge on any atom is -0.490 e. The molecule has 20 heavy (non-hydrogen) atoms. The summed E-state index contributed by atoms with van der Waals surface area (Å²) in [6, 6.07) is 4.56. The number of benzene rings is 1. The van der Waals surface area contributed by atoms with Crippen LogP contribution in [0.5, 0.6) is 5.75 Å². The van der Waals surface area contributed by atoms with Gasteiger partial charge in [0.2, 0.25) is 0 Å². The van der Waals surface area contributed by atoms with E-state index in [4.69, 9.17) is 9.84 Å². The fourth-order valence-corrected chi connectivity index (χ4v) is 1.74. The van der Waals surface area contributed by atoms with Crippen LogP contribution in [0.3, 0.4) is 0 Å². The number of hydrogen-bond acceptors (Lipinski definition) is 5. The topological polar surface area (TPSA) is 107 Å². The summed E-state index contributed by atoms with van der Waals surface area (Å²) in [7, 11) is 1.36. The van der Waals surface area contributed by atoms with Crippen LogP contribution in [-0.4, -0.2) is 32.7 Å². The number of aromatic carboxylic acids is 1. The van der Waals surface area contributed by atoms with Gasteiger partial charge in [-0.15, -0.1) is 0 Å². The van der Waals surface area contributed by atoms with Crippen LogP contribution in [0.2, 0.25) is 0 Å². The second-order valence-corrected chi connectivity index (χ2v) is 4.00. The number of carboxylic acids is 1. The van der Waals surface area contributed by atoms with Crippen LogP contribution < -0.4 is 4.74 Å². The Hall–Kier alpha value is -2.90. The molecular weight excluding hydrogens is 266 g/mol. The Kier molecular flexibility index (Phi) is 3.65. The molecule has 104 valence electrons. The Labute approximate surface area is 113 Å². The van der Waals surface area contributed by atoms with E-state index in [9.17, 15) is 14.9 Å². The van der Waals surface area contributed by atoms with E-state index in [1.807, 2.05) is 0 Å². The van der Waals surface area contributed by atoms with Crippen molar-refractivity contribution >= 4 is 11.7 Å². The first-order valence-corrected chi connectivity index (χ1v) is 5.57. The predicted octanol–water partition coefficient (Wildman–Crippen LogP) is 1.55. The van der Waals surface area contributed by atoms with Gasteiger partial charge in [0, 0.05) is 18.8 Å². The highest BCUT2D eigenvalue weighted by Crippen LogP contribution is 2.27. The standard InChI is InChI=1S/C12H11N3O5/c1-20-11-3-2-8(4-10(11)15(18)19)5-14-6-9(12(16)17)13-7-14/h2-4,6-7H,5H2,1H3,(H,16,17). The Bertz CT molecular complexity index is 665. The van der Waals surface area contributed by atoms with E-state index in [-0.39, 0.29) is 23.7 Å². The fourth-order valence-electron chi connectivity index (χ4n) is 1.74. The normalized spacial score (nSPS) is 10.2. The van der Waals surface area contributed by atoms with Crippen LogP contribution in [0.15, 0.2) is 30.7 Å². The third-order valence-corrected chi connectivity index (χ3v) is 2.66. The first-order valence-electron chi connectivity index (χ1n) is 5.57. The molecule has 0 spiro atoms. The number of rotatable bonds is 5. The van der Waals surface area contributed by atoms with Crippen LogP contribution in [-0.2, 0) is 6.54 Å². The minimum atomic E-state index is -1.12. The van der Waals surface area contributed by atoms with Gasteiger partial charge >= 0.3 is 11.7 Å². The lowest BCUT2D eigenvalue weighted by Gasteiger charge is -2.05. The molecule has 0 aliphatic carbocycles. The number of carbonyl (C=O) groups is 1. The van der Waals surface area contributed by atoms with Crippen molar-refractivity contribution in [1.82, 2.24) is 9.55 Å². The Morgan fingerprint density at radius 2 is 2.30 bits per heavy atom. The molecule has 0 aliphatic heterocycles. The third-order valence-electron chi connectivity index (χ3n) is 2.66. The first-order chi connectivity index (χ1) is 9.51. The van der Waals surface area contributed by atoms with Crippen molar-refractivity contribution in [3.63, 3.8) is 0 Å². The second kappa shape index (κ2) is 5.39. The molecule has 2 rings (SSSR count). The van der Waals surface area contributed by atoms with Gasteiger partial charge in [0.05, 0.1) is 18.4 Å². The zero-order valence-corrected chi connectivity index (χ0v) is 10.5. The monoisotopic (exact) mass is 277 g/mol. The van der Waals surface area contributed by atoms with Gasteiger partial charge in [0.25, 0.3) is 0 Å². The molecule has 0 unspecified atom stereocenters. The van der Waals surface area contributed by atoms with E-state index in [2.05, 4.69) is 4.98 Å². The van der Waals surface area contributed by atoms with Gasteiger partial charge in [-0.05, 0) is 11.6 Å². The van der Waals surface area contributed by atoms with E-state index in [0.29, 0.717) is 5.56 Å². The van der Waals surface area contributed by atoms with Crippen molar-refractivity contribution < 1.29 is 19.6 Å². The zero-order valence-electron chi connectivity index (χ0n) is 10.5. The fraction of sp³-hybridized carbons (Fsp3) is 0.167. The first kappa shape index (κ1) is 13.5. The van der Waals surface area contributed by atoms with E-state index in [1.165, 1.54) is 36.3 Å². The summed E-state index contributed by atoms with van der Waals surface area (Å²) in [4.78, 5) is 24.8. The molecule has 0 amide bonds. The summed E-state index contributed by atoms with van der Waals surface area (Å²) >= 11 is 0. The van der Waals surface area contributed by atoms with Crippen molar-refractivity contribution in [2.45, 2.75) is 6.54 Å². The molecular formula is C12H11N3O5. The highest BCUT2D eigenvalue weighted by Gasteiger charge is 2.15. The minimum absolute atomic E-state index is 0.0759. The van der Waals surface area contributed by atoms with Gasteiger partial charge in [-0.3, -0.25) is 10.1 Å². The van der Waals surface area contributed by atoms with Gasteiger partial charge in [-0.2, -0.15) is 0 Å². The maximum absolute atomic E-state index is 10.9. The molecule has 0 atom stereocenters. The summed E-state index contributed by atoms with van der Waals surface area (Å²) in [5, 5.41) is 19.7. The average molecular weight is 277 g/mol. The van der Waals surface area contributed by atoms with Gasteiger partial charge in [-0.25, -0.2) is 9.78 Å². The maximum atomic E-state index is 10.9. The average Bonchev–Trinajstić information content (AvgIpc) is 2.87. The molecule has 1 aromatic carbocycles. The molecule has 0 radical (unpaired) electrons. The summed E-state index contributed by atoms with van der Waals surface area (Å²) < 4.78 is 6.45. The number of imidazole rings is 1. The SMILES string of the molecule is COc1ccc(Cn2cnc(C(=O)O)c2)cc1[N+](=O)[O-]. The summed E-state index contributed by atoms with van der Waals surface area (Å²) in [5.74, 6) is -0.944. The van der Waals surface area contributed by atoms with E-state index in [0.717, 1.165) is 0 Å². The smallest absolute Gasteiger partial charge is 0.356 e. The van der Waals surface area contributed by atoms with E-state index in [1.54, 1.807) is 6.07 Å². The van der Waals surface area contributed by atoms with Crippen molar-refractivity contribution in [3.8, 4) is 5.75 Å². The van der Waals surface area contributed by atoms with Crippen molar-refractivity contribution in [2.24, 2.45) is 0 Å². The number of nitro groups is 1. The number of nitro benzene ring substituents is 1. The lowest BCUT2D eigenvalue weighted by atomic mass is 10.2. The van der Waals surface area contributed by atoms with Crippen LogP contribution in [0, 0.1) is 10.1 Å². The molecule has 2 aromatic rings. The van der Waals surface area contributed by atoms with Gasteiger partial charge in [-0.1, -0.05) is 6.07 Å². The van der Waals surface area contributed by atoms with E-state index < -0.39 is 10.9 Å². The Balaban J connectivity index is 2.26. The van der Waals surface area contributed by atoms with Crippen LogP contribution >= 0.6 is 0 Å². The number of hydrogen-bond donors (Lipinski definition) is 1. The molecule has 0 aliphatic rings. The highest BCUT2D eigenvalue weighted by molar-refractivity contribution is 5.84. The van der Waals surface area contributed by atoms with Crippen molar-refractivity contribution in [2.75, 3.05) is 7.11 Å². The molecule has 0 saturated heterocycles. The predicted molar refractivity (Wildman–Crippen MR) is 67.9 cm³/mol. The summed E-state index contributed by atoms with van der Waals surface area (Å²) in [6.45, 7) is 0.283. The van der Waals surface area contributed by atoms with Crippen LogP contribution in [0.4, 0.5) is 5.69 Å². The van der Waals surface area contributed by atoms with Crippen LogP contribution in [0.1, 0.15) is 16.1 Å². The highest BCUT2D eigenvalue weighted by atomic mass is 16.6. The zero-order chi connectivity index (χ0) is 14.7. The lowest BCUT2D eigenvalue weighted by molar-refractivity contribution is -0.385. The summed E-state index contributed by atoms with van der Waals surface area (Å²) in [5.41, 5.74) is 0.434. The van der Waals surface area contributed by atoms with Gasteiger partial charge in [0.1, 0.15) is 0 Å². The lowest BCUT2D eigenvalue weighted by Crippen LogP contribution is -2.00. The second-order valence-electron chi connectivity index (χ2n) is 4.00. The van der Waals surface area contributed by atoms with Gasteiger partial charge in [0.15, 0.2) is 11.4 Å². The number of carboxylic acid groups (broad SMARTS) is 1. The number of aromatic nitrogens is 2. The molecule has 1 aromatic heterocycles. The molecule has 0 bridgehead atoms. The number of methoxy groups -OCH3 is 1. The Morgan fingerprint density at radius 1 is 1.55 bits per heavy atom. The van der Waals surface area contributed by atoms with Gasteiger partial charge < -0.3 is 14.4 Å². The maximum Gasteiger partial charge on any atom is 0.356 e. The van der Waals surface area contributed by atoms with Crippen LogP contribution in [0.25, 0.3) is 0 Å². The third kappa shape index (κ3) is 2.74. The molecule has 0 fully saturated rings. The van der Waals surface area contributed by atoms with Crippen molar-refractivity contribution in [1.29, 1.82) is 0 Å². The molecule has 8 nitrogen and oxygen atoms in total. The quantitative estimate of drug-likeness (QED) is 0.656. The number of ether oxygens (including phenoxy) is 1. The van der Waals surface area contributed by atoms with Crippen molar-refractivity contribution in [3.05, 3.63) is 52.1 Å². The molecule has 8 heteroatoms. The Morgan fingerprint density at radius 3 is 2.85 bits per heavy atom. The largest absolute Gasteiger partial charge is 0.490 e. The molecule has 0 saturated carbocycles. The number of nitrogens with zero attached hydrogens (tertiary/aromatic N) is 3.